The van der Waals surface area contributed by atoms with E-state index in [1.165, 1.54) is 4.31 Å². The molecule has 1 unspecified atom stereocenters. The van der Waals surface area contributed by atoms with Crippen LogP contribution < -0.4 is 15.5 Å². The van der Waals surface area contributed by atoms with Gasteiger partial charge in [-0.05, 0) is 51.8 Å². The molecule has 2 fully saturated rings. The number of amides is 1. The van der Waals surface area contributed by atoms with E-state index >= 15 is 0 Å². The second-order valence-corrected chi connectivity index (χ2v) is 10.2. The number of nitrogens with zero attached hydrogens (tertiary/aromatic N) is 2. The topological polar surface area (TPSA) is 91.0 Å². The van der Waals surface area contributed by atoms with Gasteiger partial charge in [0, 0.05) is 32.2 Å². The van der Waals surface area contributed by atoms with Crippen LogP contribution in [0.5, 0.6) is 0 Å². The Hall–Kier alpha value is -1.84. The third-order valence-corrected chi connectivity index (χ3v) is 8.04. The second-order valence-electron chi connectivity index (χ2n) is 8.22. The molecule has 0 radical (unpaired) electrons. The molecule has 3 rings (SSSR count). The van der Waals surface area contributed by atoms with E-state index < -0.39 is 16.1 Å². The maximum Gasteiger partial charge on any atom is 0.243 e. The molecule has 8 nitrogen and oxygen atoms in total. The van der Waals surface area contributed by atoms with Crippen molar-refractivity contribution in [3.05, 3.63) is 18.2 Å². The molecule has 0 bridgehead atoms. The Kier molecular flexibility index (Phi) is 8.18. The van der Waals surface area contributed by atoms with E-state index in [4.69, 9.17) is 4.74 Å². The Morgan fingerprint density at radius 1 is 1.19 bits per heavy atom. The minimum absolute atomic E-state index is 0.0566. The maximum atomic E-state index is 13.2. The minimum atomic E-state index is -3.62. The molecule has 1 aromatic rings. The van der Waals surface area contributed by atoms with Crippen LogP contribution in [0.3, 0.4) is 0 Å². The monoisotopic (exact) mass is 452 g/mol. The smallest absolute Gasteiger partial charge is 0.243 e. The van der Waals surface area contributed by atoms with E-state index in [2.05, 4.69) is 29.4 Å². The first-order valence-corrected chi connectivity index (χ1v) is 12.8. The Balaban J connectivity index is 1.85. The summed E-state index contributed by atoms with van der Waals surface area (Å²) in [6.07, 6.45) is 4.35. The summed E-state index contributed by atoms with van der Waals surface area (Å²) in [5.41, 5.74) is 1.55. The van der Waals surface area contributed by atoms with E-state index in [1.807, 2.05) is 13.0 Å². The van der Waals surface area contributed by atoms with E-state index in [9.17, 15) is 13.2 Å². The molecule has 1 saturated carbocycles. The van der Waals surface area contributed by atoms with Crippen molar-refractivity contribution in [2.24, 2.45) is 0 Å². The van der Waals surface area contributed by atoms with Gasteiger partial charge in [0.2, 0.25) is 15.9 Å². The van der Waals surface area contributed by atoms with Gasteiger partial charge in [0.1, 0.15) is 6.04 Å². The first-order chi connectivity index (χ1) is 14.9. The summed E-state index contributed by atoms with van der Waals surface area (Å²) in [4.78, 5) is 15.1. The molecule has 1 aliphatic heterocycles. The number of anilines is 2. The molecule has 1 saturated heterocycles. The Labute approximate surface area is 186 Å². The molecular formula is C22H36N4O4S. The number of ether oxygens (including phenoxy) is 1. The SMILES string of the molecule is CCN(CC)c1ccc(S(=O)(=O)N2CCOCC2)cc1NC(C)C(=O)NC1CCCC1. The summed E-state index contributed by atoms with van der Waals surface area (Å²) >= 11 is 0. The van der Waals surface area contributed by atoms with Crippen molar-refractivity contribution in [1.29, 1.82) is 0 Å². The molecule has 1 aromatic carbocycles. The van der Waals surface area contributed by atoms with Crippen molar-refractivity contribution >= 4 is 27.3 Å². The van der Waals surface area contributed by atoms with E-state index in [0.29, 0.717) is 32.0 Å². The average molecular weight is 453 g/mol. The first kappa shape index (κ1) is 23.8. The predicted molar refractivity (Wildman–Crippen MR) is 123 cm³/mol. The average Bonchev–Trinajstić information content (AvgIpc) is 3.29. The Bertz CT molecular complexity index is 845. The quantitative estimate of drug-likeness (QED) is 0.598. The van der Waals surface area contributed by atoms with Crippen LogP contribution in [-0.4, -0.2) is 70.1 Å². The van der Waals surface area contributed by atoms with Crippen molar-refractivity contribution in [2.75, 3.05) is 49.6 Å². The molecule has 2 N–H and O–H groups in total. The van der Waals surface area contributed by atoms with Crippen molar-refractivity contribution in [3.8, 4) is 0 Å². The third-order valence-electron chi connectivity index (χ3n) is 6.15. The van der Waals surface area contributed by atoms with Gasteiger partial charge in [-0.25, -0.2) is 8.42 Å². The summed E-state index contributed by atoms with van der Waals surface area (Å²) in [6.45, 7) is 9.00. The lowest BCUT2D eigenvalue weighted by Crippen LogP contribution is -2.42. The van der Waals surface area contributed by atoms with Gasteiger partial charge in [-0.1, -0.05) is 12.8 Å². The molecule has 2 aliphatic rings. The summed E-state index contributed by atoms with van der Waals surface area (Å²) in [5, 5.41) is 6.40. The fourth-order valence-electron chi connectivity index (χ4n) is 4.26. The molecular weight excluding hydrogens is 416 g/mol. The van der Waals surface area contributed by atoms with Gasteiger partial charge in [-0.2, -0.15) is 4.31 Å². The van der Waals surface area contributed by atoms with Crippen LogP contribution in [0.4, 0.5) is 11.4 Å². The van der Waals surface area contributed by atoms with Gasteiger partial charge in [0.15, 0.2) is 0 Å². The van der Waals surface area contributed by atoms with Crippen LogP contribution in [0.15, 0.2) is 23.1 Å². The Morgan fingerprint density at radius 2 is 1.84 bits per heavy atom. The van der Waals surface area contributed by atoms with Crippen LogP contribution in [-0.2, 0) is 19.6 Å². The number of carbonyl (C=O) groups is 1. The summed E-state index contributed by atoms with van der Waals surface area (Å²) in [5.74, 6) is -0.0566. The standard InChI is InChI=1S/C22H36N4O4S/c1-4-25(5-2)21-11-10-19(31(28,29)26-12-14-30-15-13-26)16-20(21)23-17(3)22(27)24-18-8-6-7-9-18/h10-11,16-18,23H,4-9,12-15H2,1-3H3,(H,24,27). The Morgan fingerprint density at radius 3 is 2.45 bits per heavy atom. The number of rotatable bonds is 9. The van der Waals surface area contributed by atoms with E-state index in [-0.39, 0.29) is 16.8 Å². The van der Waals surface area contributed by atoms with Crippen LogP contribution in [0.2, 0.25) is 0 Å². The highest BCUT2D eigenvalue weighted by molar-refractivity contribution is 7.89. The van der Waals surface area contributed by atoms with Gasteiger partial charge in [-0.3, -0.25) is 4.79 Å². The largest absolute Gasteiger partial charge is 0.379 e. The normalized spacial score (nSPS) is 19.2. The first-order valence-electron chi connectivity index (χ1n) is 11.4. The van der Waals surface area contributed by atoms with Crippen LogP contribution in [0.1, 0.15) is 46.5 Å². The van der Waals surface area contributed by atoms with Gasteiger partial charge in [0.05, 0.1) is 29.5 Å². The highest BCUT2D eigenvalue weighted by Gasteiger charge is 2.28. The molecule has 9 heteroatoms. The van der Waals surface area contributed by atoms with Gasteiger partial charge >= 0.3 is 0 Å². The number of hydrogen-bond acceptors (Lipinski definition) is 6. The second kappa shape index (κ2) is 10.7. The number of benzene rings is 1. The fourth-order valence-corrected chi connectivity index (χ4v) is 5.70. The van der Waals surface area contributed by atoms with Crippen LogP contribution in [0, 0.1) is 0 Å². The fraction of sp³-hybridized carbons (Fsp3) is 0.682. The maximum absolute atomic E-state index is 13.2. The zero-order valence-electron chi connectivity index (χ0n) is 18.9. The lowest BCUT2D eigenvalue weighted by atomic mass is 10.2. The van der Waals surface area contributed by atoms with E-state index in [0.717, 1.165) is 44.5 Å². The molecule has 1 heterocycles. The minimum Gasteiger partial charge on any atom is -0.379 e. The summed E-state index contributed by atoms with van der Waals surface area (Å²) in [6, 6.07) is 4.93. The third kappa shape index (κ3) is 5.70. The van der Waals surface area contributed by atoms with Gasteiger partial charge < -0.3 is 20.3 Å². The van der Waals surface area contributed by atoms with Crippen molar-refractivity contribution in [1.82, 2.24) is 9.62 Å². The molecule has 0 aromatic heterocycles. The van der Waals surface area contributed by atoms with Crippen LogP contribution >= 0.6 is 0 Å². The number of morpholine rings is 1. The molecule has 1 atom stereocenters. The molecule has 31 heavy (non-hydrogen) atoms. The summed E-state index contributed by atoms with van der Waals surface area (Å²) < 4.78 is 33.1. The van der Waals surface area contributed by atoms with Crippen molar-refractivity contribution in [2.45, 2.75) is 63.4 Å². The number of carbonyl (C=O) groups excluding carboxylic acids is 1. The number of sulfonamides is 1. The lowest BCUT2D eigenvalue weighted by molar-refractivity contribution is -0.122. The molecule has 0 spiro atoms. The van der Waals surface area contributed by atoms with E-state index in [1.54, 1.807) is 12.1 Å². The number of hydrogen-bond donors (Lipinski definition) is 2. The lowest BCUT2D eigenvalue weighted by Gasteiger charge is -2.29. The zero-order valence-corrected chi connectivity index (χ0v) is 19.7. The zero-order chi connectivity index (χ0) is 22.4. The van der Waals surface area contributed by atoms with Crippen molar-refractivity contribution in [3.63, 3.8) is 0 Å². The highest BCUT2D eigenvalue weighted by Crippen LogP contribution is 2.31. The van der Waals surface area contributed by atoms with Gasteiger partial charge in [0.25, 0.3) is 0 Å². The van der Waals surface area contributed by atoms with Crippen LogP contribution in [0.25, 0.3) is 0 Å². The molecule has 1 aliphatic carbocycles. The summed E-state index contributed by atoms with van der Waals surface area (Å²) in [7, 11) is -3.62. The van der Waals surface area contributed by atoms with Crippen molar-refractivity contribution < 1.29 is 17.9 Å². The predicted octanol–water partition coefficient (Wildman–Crippen LogP) is 2.41. The highest BCUT2D eigenvalue weighted by atomic mass is 32.2. The molecule has 174 valence electrons. The number of nitrogens with one attached hydrogen (secondary N) is 2. The molecule has 1 amide bonds. The van der Waals surface area contributed by atoms with Gasteiger partial charge in [-0.15, -0.1) is 0 Å².